The number of nitrogens with zero attached hydrogens (tertiary/aromatic N) is 3. The summed E-state index contributed by atoms with van der Waals surface area (Å²) in [5.74, 6) is 0.673. The maximum Gasteiger partial charge on any atom is 0.218 e. The molecule has 2 bridgehead atoms. The quantitative estimate of drug-likeness (QED) is 0.654. The van der Waals surface area contributed by atoms with Gasteiger partial charge in [-0.2, -0.15) is 5.10 Å². The van der Waals surface area contributed by atoms with Crippen molar-refractivity contribution in [2.45, 2.75) is 24.9 Å². The molecule has 0 unspecified atom stereocenters. The van der Waals surface area contributed by atoms with Gasteiger partial charge < -0.3 is 9.47 Å². The maximum absolute atomic E-state index is 12.2. The Morgan fingerprint density at radius 3 is 2.48 bits per heavy atom. The molecule has 0 amide bonds. The minimum Gasteiger partial charge on any atom is -0.343 e. The molecule has 7 heteroatoms. The summed E-state index contributed by atoms with van der Waals surface area (Å²) >= 11 is 5.78. The molecule has 5 rings (SSSR count). The lowest BCUT2D eigenvalue weighted by Gasteiger charge is -2.26. The molecule has 2 fully saturated rings. The van der Waals surface area contributed by atoms with Crippen LogP contribution in [0.5, 0.6) is 0 Å². The topological polar surface area (TPSA) is 58.3 Å². The van der Waals surface area contributed by atoms with Gasteiger partial charge in [-0.25, -0.2) is 4.68 Å². The van der Waals surface area contributed by atoms with E-state index in [1.165, 1.54) is 0 Å². The number of hydrogen-bond donors (Lipinski definition) is 0. The van der Waals surface area contributed by atoms with E-state index < -0.39 is 6.29 Å². The second kappa shape index (κ2) is 6.53. The van der Waals surface area contributed by atoms with Crippen molar-refractivity contribution in [3.05, 3.63) is 65.4 Å². The second-order valence-electron chi connectivity index (χ2n) is 6.67. The van der Waals surface area contributed by atoms with E-state index in [0.29, 0.717) is 17.8 Å². The summed E-state index contributed by atoms with van der Waals surface area (Å²) in [5, 5.41) is 4.82. The Morgan fingerprint density at radius 2 is 1.74 bits per heavy atom. The van der Waals surface area contributed by atoms with E-state index in [-0.39, 0.29) is 17.9 Å². The third-order valence-corrected chi connectivity index (χ3v) is 5.34. The fourth-order valence-electron chi connectivity index (χ4n) is 3.65. The van der Waals surface area contributed by atoms with Gasteiger partial charge in [0.05, 0.1) is 12.6 Å². The first-order chi connectivity index (χ1) is 13.2. The fraction of sp³-hybridized carbons (Fsp3) is 0.250. The van der Waals surface area contributed by atoms with E-state index in [0.717, 1.165) is 17.1 Å². The predicted octanol–water partition coefficient (Wildman–Crippen LogP) is 3.33. The molecule has 2 aliphatic heterocycles. The van der Waals surface area contributed by atoms with Crippen molar-refractivity contribution in [3.63, 3.8) is 0 Å². The Kier molecular flexibility index (Phi) is 4.00. The van der Waals surface area contributed by atoms with Gasteiger partial charge in [-0.3, -0.25) is 9.36 Å². The molecule has 0 aliphatic carbocycles. The van der Waals surface area contributed by atoms with E-state index in [2.05, 4.69) is 0 Å². The summed E-state index contributed by atoms with van der Waals surface area (Å²) in [6.07, 6.45) is -0.642. The Balaban J connectivity index is 1.69. The fourth-order valence-corrected chi connectivity index (χ4v) is 4.02. The Hall–Kier alpha value is -2.61. The van der Waals surface area contributed by atoms with Crippen LogP contribution in [0.15, 0.2) is 60.7 Å². The van der Waals surface area contributed by atoms with Crippen molar-refractivity contribution < 1.29 is 14.3 Å². The summed E-state index contributed by atoms with van der Waals surface area (Å²) in [4.78, 5) is 12.2. The number of fused-ring (bicyclic) bond motifs is 2. The van der Waals surface area contributed by atoms with Crippen molar-refractivity contribution in [2.75, 3.05) is 6.61 Å². The number of ether oxygens (including phenoxy) is 2. The number of hydrogen-bond acceptors (Lipinski definition) is 5. The molecular weight excluding hydrogens is 362 g/mol. The Labute approximate surface area is 161 Å². The highest BCUT2D eigenvalue weighted by Crippen LogP contribution is 2.34. The van der Waals surface area contributed by atoms with E-state index in [1.54, 1.807) is 4.68 Å². The molecule has 3 atom stereocenters. The molecule has 27 heavy (non-hydrogen) atoms. The summed E-state index contributed by atoms with van der Waals surface area (Å²) < 4.78 is 15.4. The lowest BCUT2D eigenvalue weighted by Crippen LogP contribution is -2.37. The van der Waals surface area contributed by atoms with Gasteiger partial charge in [0.15, 0.2) is 11.6 Å². The number of ketones is 1. The lowest BCUT2D eigenvalue weighted by atomic mass is 10.0. The average molecular weight is 379 g/mol. The van der Waals surface area contributed by atoms with E-state index >= 15 is 0 Å². The Morgan fingerprint density at radius 1 is 1.04 bits per heavy atom. The molecule has 1 aromatic heterocycles. The van der Waals surface area contributed by atoms with Crippen LogP contribution >= 0.6 is 12.2 Å². The average Bonchev–Trinajstić information content (AvgIpc) is 3.29. The number of benzene rings is 2. The number of Topliss-reactive ketones (excluding diaryl/α,β-unsaturated/α-hetero) is 1. The molecule has 0 saturated carbocycles. The largest absolute Gasteiger partial charge is 0.343 e. The van der Waals surface area contributed by atoms with Gasteiger partial charge in [0.25, 0.3) is 0 Å². The monoisotopic (exact) mass is 379 g/mol. The van der Waals surface area contributed by atoms with Crippen molar-refractivity contribution >= 4 is 18.0 Å². The van der Waals surface area contributed by atoms with E-state index in [4.69, 9.17) is 26.8 Å². The van der Waals surface area contributed by atoms with Crippen LogP contribution in [0.3, 0.4) is 0 Å². The summed E-state index contributed by atoms with van der Waals surface area (Å²) in [5.41, 5.74) is 1.88. The van der Waals surface area contributed by atoms with Gasteiger partial charge in [-0.1, -0.05) is 48.5 Å². The molecule has 3 heterocycles. The molecule has 6 nitrogen and oxygen atoms in total. The molecule has 2 saturated heterocycles. The summed E-state index contributed by atoms with van der Waals surface area (Å²) in [7, 11) is 0. The first-order valence-corrected chi connectivity index (χ1v) is 9.25. The predicted molar refractivity (Wildman–Crippen MR) is 101 cm³/mol. The second-order valence-corrected chi connectivity index (χ2v) is 7.03. The van der Waals surface area contributed by atoms with Crippen LogP contribution in [0, 0.1) is 4.77 Å². The van der Waals surface area contributed by atoms with E-state index in [9.17, 15) is 4.79 Å². The zero-order valence-electron chi connectivity index (χ0n) is 14.4. The first kappa shape index (κ1) is 16.6. The van der Waals surface area contributed by atoms with E-state index in [1.807, 2.05) is 65.2 Å². The molecule has 136 valence electrons. The minimum absolute atomic E-state index is 0.0637. The molecule has 0 spiro atoms. The molecule has 0 N–H and O–H groups in total. The Bertz CT molecular complexity index is 1050. The summed E-state index contributed by atoms with van der Waals surface area (Å²) in [6.45, 7) is 0.377. The third-order valence-electron chi connectivity index (χ3n) is 4.97. The highest BCUT2D eigenvalue weighted by atomic mass is 32.1. The lowest BCUT2D eigenvalue weighted by molar-refractivity contribution is -0.156. The van der Waals surface area contributed by atoms with Crippen LogP contribution < -0.4 is 0 Å². The van der Waals surface area contributed by atoms with Crippen molar-refractivity contribution in [2.24, 2.45) is 0 Å². The number of aromatic nitrogens is 3. The van der Waals surface area contributed by atoms with Crippen LogP contribution in [0.1, 0.15) is 12.5 Å². The third kappa shape index (κ3) is 2.75. The number of carbonyl (C=O) groups is 1. The minimum atomic E-state index is -0.731. The van der Waals surface area contributed by atoms with Crippen LogP contribution in [0.2, 0.25) is 0 Å². The zero-order valence-corrected chi connectivity index (χ0v) is 15.2. The molecule has 0 radical (unpaired) electrons. The zero-order chi connectivity index (χ0) is 18.4. The van der Waals surface area contributed by atoms with Crippen LogP contribution in [0.4, 0.5) is 0 Å². The number of para-hydroxylation sites is 1. The van der Waals surface area contributed by atoms with Crippen LogP contribution in [0.25, 0.3) is 17.1 Å². The van der Waals surface area contributed by atoms with Gasteiger partial charge in [-0.15, -0.1) is 0 Å². The van der Waals surface area contributed by atoms with Crippen LogP contribution in [-0.4, -0.2) is 39.1 Å². The normalized spacial score (nSPS) is 24.3. The highest BCUT2D eigenvalue weighted by Gasteiger charge is 2.45. The maximum atomic E-state index is 12.2. The number of rotatable bonds is 3. The van der Waals surface area contributed by atoms with Crippen molar-refractivity contribution in [3.8, 4) is 17.1 Å². The number of carbonyl (C=O) groups excluding carboxylic acids is 1. The smallest absolute Gasteiger partial charge is 0.218 e. The molecule has 2 aliphatic rings. The van der Waals surface area contributed by atoms with Gasteiger partial charge in [-0.05, 0) is 24.4 Å². The molecular formula is C20H17N3O3S. The van der Waals surface area contributed by atoms with Gasteiger partial charge in [0.1, 0.15) is 6.10 Å². The standard InChI is InChI=1S/C20H17N3O3S/c24-16-11-15(17-12-25-19(16)26-17)23-20(27)22(14-9-5-2-6-10-14)18(21-23)13-7-3-1-4-8-13/h1-10,15,17,19H,11-12H2/t15-,17-,19+/m1/s1. The summed E-state index contributed by atoms with van der Waals surface area (Å²) in [6, 6.07) is 19.5. The van der Waals surface area contributed by atoms with Gasteiger partial charge in [0, 0.05) is 17.7 Å². The first-order valence-electron chi connectivity index (χ1n) is 8.84. The SMILES string of the molecule is O=C1C[C@@H](n2nc(-c3ccccc3)n(-c3ccccc3)c2=S)[C@H]2CO[C@H]1O2. The van der Waals surface area contributed by atoms with Crippen LogP contribution in [-0.2, 0) is 14.3 Å². The van der Waals surface area contributed by atoms with Gasteiger partial charge >= 0.3 is 0 Å². The van der Waals surface area contributed by atoms with Crippen molar-refractivity contribution in [1.82, 2.24) is 14.3 Å². The molecule has 2 aromatic carbocycles. The van der Waals surface area contributed by atoms with Gasteiger partial charge in [0.2, 0.25) is 11.1 Å². The molecule has 3 aromatic rings. The van der Waals surface area contributed by atoms with Crippen molar-refractivity contribution in [1.29, 1.82) is 0 Å². The highest BCUT2D eigenvalue weighted by molar-refractivity contribution is 7.71.